The summed E-state index contributed by atoms with van der Waals surface area (Å²) in [5.74, 6) is 0. The highest BCUT2D eigenvalue weighted by Gasteiger charge is 1.99. The zero-order valence-corrected chi connectivity index (χ0v) is 7.47. The molecule has 0 saturated heterocycles. The van der Waals surface area contributed by atoms with Gasteiger partial charge in [-0.2, -0.15) is 0 Å². The third kappa shape index (κ3) is 3.80. The molecule has 1 heterocycles. The lowest BCUT2D eigenvalue weighted by Gasteiger charge is -2.02. The number of hydrogen-bond donors (Lipinski definition) is 1. The Morgan fingerprint density at radius 1 is 1.54 bits per heavy atom. The molecule has 0 aromatic carbocycles. The van der Waals surface area contributed by atoms with Crippen LogP contribution in [-0.4, -0.2) is 27.3 Å². The Morgan fingerprint density at radius 2 is 2.38 bits per heavy atom. The quantitative estimate of drug-likeness (QED) is 0.495. The lowest BCUT2D eigenvalue weighted by molar-refractivity contribution is -0.109. The predicted molar refractivity (Wildman–Crippen MR) is 47.9 cm³/mol. The Hall–Kier alpha value is -1.23. The standard InChI is InChI=1S/C8H14N4O/c9-8(7-13)3-1-2-5-12-6-4-10-11-12/h4,6-8H,1-3,5,9H2. The maximum absolute atomic E-state index is 10.2. The first-order chi connectivity index (χ1) is 6.33. The molecule has 0 saturated carbocycles. The van der Waals surface area contributed by atoms with Gasteiger partial charge in [-0.3, -0.25) is 4.68 Å². The van der Waals surface area contributed by atoms with Gasteiger partial charge in [-0.15, -0.1) is 5.10 Å². The van der Waals surface area contributed by atoms with Crippen molar-refractivity contribution in [3.05, 3.63) is 12.4 Å². The molecule has 0 aliphatic rings. The number of rotatable bonds is 6. The fourth-order valence-electron chi connectivity index (χ4n) is 1.07. The number of hydrogen-bond acceptors (Lipinski definition) is 4. The third-order valence-electron chi connectivity index (χ3n) is 1.82. The zero-order chi connectivity index (χ0) is 9.52. The largest absolute Gasteiger partial charge is 0.322 e. The summed E-state index contributed by atoms with van der Waals surface area (Å²) in [7, 11) is 0. The van der Waals surface area contributed by atoms with Gasteiger partial charge >= 0.3 is 0 Å². The number of nitrogens with zero attached hydrogens (tertiary/aromatic N) is 3. The summed E-state index contributed by atoms with van der Waals surface area (Å²) in [4.78, 5) is 10.2. The lowest BCUT2D eigenvalue weighted by Crippen LogP contribution is -2.21. The Kier molecular flexibility index (Phi) is 4.11. The summed E-state index contributed by atoms with van der Waals surface area (Å²) in [5.41, 5.74) is 5.43. The molecular formula is C8H14N4O. The molecule has 0 aliphatic carbocycles. The van der Waals surface area contributed by atoms with E-state index in [0.717, 1.165) is 32.1 Å². The van der Waals surface area contributed by atoms with E-state index in [1.54, 1.807) is 10.9 Å². The summed E-state index contributed by atoms with van der Waals surface area (Å²) in [6.07, 6.45) is 6.93. The van der Waals surface area contributed by atoms with Crippen molar-refractivity contribution in [2.75, 3.05) is 0 Å². The molecule has 13 heavy (non-hydrogen) atoms. The highest BCUT2D eigenvalue weighted by atomic mass is 16.1. The van der Waals surface area contributed by atoms with Gasteiger partial charge in [0.05, 0.1) is 12.2 Å². The second kappa shape index (κ2) is 5.42. The smallest absolute Gasteiger partial charge is 0.136 e. The fourth-order valence-corrected chi connectivity index (χ4v) is 1.07. The van der Waals surface area contributed by atoms with Gasteiger partial charge in [-0.1, -0.05) is 5.21 Å². The minimum Gasteiger partial charge on any atom is -0.322 e. The van der Waals surface area contributed by atoms with E-state index in [9.17, 15) is 4.79 Å². The first kappa shape index (κ1) is 9.85. The SMILES string of the molecule is NC(C=O)CCCCn1ccnn1. The van der Waals surface area contributed by atoms with E-state index in [0.29, 0.717) is 0 Å². The van der Waals surface area contributed by atoms with Crippen LogP contribution in [-0.2, 0) is 11.3 Å². The van der Waals surface area contributed by atoms with Gasteiger partial charge in [-0.05, 0) is 19.3 Å². The normalized spacial score (nSPS) is 12.7. The van der Waals surface area contributed by atoms with Gasteiger partial charge < -0.3 is 10.5 Å². The first-order valence-electron chi connectivity index (χ1n) is 4.38. The summed E-state index contributed by atoms with van der Waals surface area (Å²) in [6, 6.07) is -0.309. The van der Waals surface area contributed by atoms with Crippen LogP contribution in [0.2, 0.25) is 0 Å². The number of aryl methyl sites for hydroxylation is 1. The number of nitrogens with two attached hydrogens (primary N) is 1. The maximum Gasteiger partial charge on any atom is 0.136 e. The van der Waals surface area contributed by atoms with E-state index in [1.807, 2.05) is 6.20 Å². The molecular weight excluding hydrogens is 168 g/mol. The van der Waals surface area contributed by atoms with Crippen LogP contribution in [0.15, 0.2) is 12.4 Å². The second-order valence-electron chi connectivity index (χ2n) is 2.96. The van der Waals surface area contributed by atoms with Crippen LogP contribution in [0.4, 0.5) is 0 Å². The van der Waals surface area contributed by atoms with Crippen molar-refractivity contribution in [3.63, 3.8) is 0 Å². The van der Waals surface area contributed by atoms with Crippen LogP contribution >= 0.6 is 0 Å². The van der Waals surface area contributed by atoms with Gasteiger partial charge in [-0.25, -0.2) is 0 Å². The van der Waals surface area contributed by atoms with Crippen LogP contribution < -0.4 is 5.73 Å². The van der Waals surface area contributed by atoms with Crippen LogP contribution in [0.5, 0.6) is 0 Å². The van der Waals surface area contributed by atoms with E-state index in [2.05, 4.69) is 10.3 Å². The molecule has 0 spiro atoms. The number of carbonyl (C=O) groups excluding carboxylic acids is 1. The molecule has 0 aliphatic heterocycles. The minimum atomic E-state index is -0.309. The van der Waals surface area contributed by atoms with Gasteiger partial charge in [0.15, 0.2) is 0 Å². The zero-order valence-electron chi connectivity index (χ0n) is 7.47. The molecule has 5 heteroatoms. The Morgan fingerprint density at radius 3 is 3.00 bits per heavy atom. The van der Waals surface area contributed by atoms with E-state index >= 15 is 0 Å². The van der Waals surface area contributed by atoms with Crippen molar-refractivity contribution in [3.8, 4) is 0 Å². The molecule has 2 N–H and O–H groups in total. The summed E-state index contributed by atoms with van der Waals surface area (Å²) >= 11 is 0. The van der Waals surface area contributed by atoms with Crippen LogP contribution in [0.3, 0.4) is 0 Å². The number of aldehydes is 1. The Balaban J connectivity index is 2.05. The van der Waals surface area contributed by atoms with Crippen molar-refractivity contribution in [1.82, 2.24) is 15.0 Å². The van der Waals surface area contributed by atoms with Crippen LogP contribution in [0.25, 0.3) is 0 Å². The van der Waals surface area contributed by atoms with Crippen LogP contribution in [0, 0.1) is 0 Å². The number of aromatic nitrogens is 3. The number of unbranched alkanes of at least 4 members (excludes halogenated alkanes) is 1. The van der Waals surface area contributed by atoms with Crippen LogP contribution in [0.1, 0.15) is 19.3 Å². The highest BCUT2D eigenvalue weighted by molar-refractivity contribution is 5.56. The van der Waals surface area contributed by atoms with E-state index < -0.39 is 0 Å². The third-order valence-corrected chi connectivity index (χ3v) is 1.82. The predicted octanol–water partition coefficient (Wildman–Crippen LogP) is -0.0254. The van der Waals surface area contributed by atoms with E-state index in [4.69, 9.17) is 5.73 Å². The van der Waals surface area contributed by atoms with Crippen molar-refractivity contribution in [2.24, 2.45) is 5.73 Å². The molecule has 1 atom stereocenters. The number of carbonyl (C=O) groups is 1. The Labute approximate surface area is 76.9 Å². The fraction of sp³-hybridized carbons (Fsp3) is 0.625. The van der Waals surface area contributed by atoms with E-state index in [-0.39, 0.29) is 6.04 Å². The first-order valence-corrected chi connectivity index (χ1v) is 4.38. The molecule has 0 bridgehead atoms. The maximum atomic E-state index is 10.2. The molecule has 1 aromatic rings. The highest BCUT2D eigenvalue weighted by Crippen LogP contribution is 1.99. The van der Waals surface area contributed by atoms with Gasteiger partial charge in [0, 0.05) is 12.7 Å². The summed E-state index contributed by atoms with van der Waals surface area (Å²) < 4.78 is 1.77. The van der Waals surface area contributed by atoms with Crippen molar-refractivity contribution in [1.29, 1.82) is 0 Å². The lowest BCUT2D eigenvalue weighted by atomic mass is 10.1. The molecule has 1 unspecified atom stereocenters. The van der Waals surface area contributed by atoms with Crippen molar-refractivity contribution >= 4 is 6.29 Å². The monoisotopic (exact) mass is 182 g/mol. The summed E-state index contributed by atoms with van der Waals surface area (Å²) in [6.45, 7) is 0.839. The topological polar surface area (TPSA) is 73.8 Å². The molecule has 0 fully saturated rings. The average molecular weight is 182 g/mol. The minimum absolute atomic E-state index is 0.309. The molecule has 1 rings (SSSR count). The molecule has 0 radical (unpaired) electrons. The van der Waals surface area contributed by atoms with Crippen molar-refractivity contribution in [2.45, 2.75) is 31.8 Å². The molecule has 72 valence electrons. The van der Waals surface area contributed by atoms with E-state index in [1.165, 1.54) is 0 Å². The van der Waals surface area contributed by atoms with Crippen molar-refractivity contribution < 1.29 is 4.79 Å². The van der Waals surface area contributed by atoms with Gasteiger partial charge in [0.2, 0.25) is 0 Å². The second-order valence-corrected chi connectivity index (χ2v) is 2.96. The molecule has 0 amide bonds. The molecule has 1 aromatic heterocycles. The Bertz CT molecular complexity index is 234. The van der Waals surface area contributed by atoms with Gasteiger partial charge in [0.25, 0.3) is 0 Å². The molecule has 5 nitrogen and oxygen atoms in total. The summed E-state index contributed by atoms with van der Waals surface area (Å²) in [5, 5.41) is 7.50. The van der Waals surface area contributed by atoms with Gasteiger partial charge in [0.1, 0.15) is 6.29 Å². The average Bonchev–Trinajstić information content (AvgIpc) is 2.64.